The molecule has 0 aliphatic heterocycles. The lowest BCUT2D eigenvalue weighted by Gasteiger charge is -2.24. The molecule has 0 heterocycles. The summed E-state index contributed by atoms with van der Waals surface area (Å²) in [6.07, 6.45) is 7.91. The smallest absolute Gasteiger partial charge is 0.305 e. The Balaban J connectivity index is 0.000000240. The van der Waals surface area contributed by atoms with Gasteiger partial charge in [0, 0.05) is 12.8 Å². The molecule has 0 aromatic rings. The number of ether oxygens (including phenoxy) is 2. The highest BCUT2D eigenvalue weighted by atomic mass is 16.5. The van der Waals surface area contributed by atoms with Gasteiger partial charge in [0.1, 0.15) is 0 Å². The number of esters is 2. The minimum Gasteiger partial charge on any atom is -0.469 e. The summed E-state index contributed by atoms with van der Waals surface area (Å²) in [5, 5.41) is 18.4. The molecule has 2 aliphatic rings. The molecule has 0 atom stereocenters. The van der Waals surface area contributed by atoms with E-state index in [2.05, 4.69) is 9.47 Å². The Kier molecular flexibility index (Phi) is 9.95. The molecule has 0 spiro atoms. The molecule has 0 aromatic heterocycles. The maximum absolute atomic E-state index is 10.9. The lowest BCUT2D eigenvalue weighted by atomic mass is 9.85. The summed E-state index contributed by atoms with van der Waals surface area (Å²) in [6.45, 7) is 0. The van der Waals surface area contributed by atoms with E-state index in [1.54, 1.807) is 0 Å². The number of aliphatic hydroxyl groups excluding tert-OH is 2. The Bertz CT molecular complexity index is 332. The molecule has 24 heavy (non-hydrogen) atoms. The molecule has 0 amide bonds. The Hall–Kier alpha value is -1.14. The number of hydrogen-bond donors (Lipinski definition) is 2. The molecule has 2 aliphatic carbocycles. The summed E-state index contributed by atoms with van der Waals surface area (Å²) in [5.74, 6) is 0.606. The van der Waals surface area contributed by atoms with Crippen molar-refractivity contribution in [2.24, 2.45) is 11.8 Å². The molecule has 2 rings (SSSR count). The van der Waals surface area contributed by atoms with Crippen LogP contribution in [0.3, 0.4) is 0 Å². The summed E-state index contributed by atoms with van der Waals surface area (Å²) in [6, 6.07) is 0. The van der Waals surface area contributed by atoms with Crippen molar-refractivity contribution in [3.05, 3.63) is 0 Å². The average molecular weight is 344 g/mol. The first-order valence-corrected chi connectivity index (χ1v) is 8.94. The average Bonchev–Trinajstić information content (AvgIpc) is 2.59. The minimum absolute atomic E-state index is 0.128. The van der Waals surface area contributed by atoms with Crippen molar-refractivity contribution >= 4 is 11.9 Å². The molecule has 6 nitrogen and oxygen atoms in total. The number of carbonyl (C=O) groups is 2. The lowest BCUT2D eigenvalue weighted by molar-refractivity contribution is -0.143. The first kappa shape index (κ1) is 20.9. The van der Waals surface area contributed by atoms with Gasteiger partial charge in [-0.1, -0.05) is 0 Å². The topological polar surface area (TPSA) is 93.1 Å². The normalized spacial score (nSPS) is 29.8. The summed E-state index contributed by atoms with van der Waals surface area (Å²) in [5.41, 5.74) is 0. The first-order valence-electron chi connectivity index (χ1n) is 8.94. The van der Waals surface area contributed by atoms with Crippen molar-refractivity contribution in [3.63, 3.8) is 0 Å². The number of carbonyl (C=O) groups excluding carboxylic acids is 2. The predicted octanol–water partition coefficient (Wildman–Crippen LogP) is 2.20. The zero-order valence-corrected chi connectivity index (χ0v) is 14.9. The molecule has 2 N–H and O–H groups in total. The molecule has 0 bridgehead atoms. The van der Waals surface area contributed by atoms with E-state index in [-0.39, 0.29) is 24.1 Å². The summed E-state index contributed by atoms with van der Waals surface area (Å²) in [4.78, 5) is 21.8. The second-order valence-electron chi connectivity index (χ2n) is 6.91. The van der Waals surface area contributed by atoms with Crippen LogP contribution in [0.15, 0.2) is 0 Å². The van der Waals surface area contributed by atoms with Crippen molar-refractivity contribution in [1.29, 1.82) is 0 Å². The maximum atomic E-state index is 10.9. The molecular weight excluding hydrogens is 312 g/mol. The quantitative estimate of drug-likeness (QED) is 0.760. The monoisotopic (exact) mass is 344 g/mol. The highest BCUT2D eigenvalue weighted by Crippen LogP contribution is 2.27. The second-order valence-corrected chi connectivity index (χ2v) is 6.91. The fourth-order valence-electron chi connectivity index (χ4n) is 3.34. The van der Waals surface area contributed by atoms with Crippen LogP contribution in [0.2, 0.25) is 0 Å². The first-order chi connectivity index (χ1) is 11.4. The predicted molar refractivity (Wildman–Crippen MR) is 89.2 cm³/mol. The van der Waals surface area contributed by atoms with Crippen LogP contribution in [0, 0.1) is 11.8 Å². The third kappa shape index (κ3) is 8.64. The minimum atomic E-state index is -0.140. The second kappa shape index (κ2) is 11.4. The Labute approximate surface area is 144 Å². The summed E-state index contributed by atoms with van der Waals surface area (Å²) in [7, 11) is 2.83. The van der Waals surface area contributed by atoms with Gasteiger partial charge < -0.3 is 19.7 Å². The van der Waals surface area contributed by atoms with Crippen molar-refractivity contribution in [2.45, 2.75) is 76.4 Å². The van der Waals surface area contributed by atoms with E-state index in [9.17, 15) is 19.8 Å². The third-order valence-electron chi connectivity index (χ3n) is 5.00. The summed E-state index contributed by atoms with van der Waals surface area (Å²) < 4.78 is 9.16. The number of hydrogen-bond acceptors (Lipinski definition) is 6. The molecule has 0 unspecified atom stereocenters. The van der Waals surface area contributed by atoms with Crippen LogP contribution in [0.4, 0.5) is 0 Å². The highest BCUT2D eigenvalue weighted by Gasteiger charge is 2.22. The van der Waals surface area contributed by atoms with Crippen LogP contribution in [-0.2, 0) is 19.1 Å². The van der Waals surface area contributed by atoms with Gasteiger partial charge in [-0.3, -0.25) is 9.59 Å². The van der Waals surface area contributed by atoms with E-state index in [4.69, 9.17) is 0 Å². The number of rotatable bonds is 4. The van der Waals surface area contributed by atoms with Crippen LogP contribution in [-0.4, -0.2) is 48.6 Å². The van der Waals surface area contributed by atoms with E-state index in [1.807, 2.05) is 0 Å². The zero-order chi connectivity index (χ0) is 17.9. The third-order valence-corrected chi connectivity index (χ3v) is 5.00. The zero-order valence-electron chi connectivity index (χ0n) is 14.9. The molecule has 2 saturated carbocycles. The summed E-state index contributed by atoms with van der Waals surface area (Å²) >= 11 is 0. The fourth-order valence-corrected chi connectivity index (χ4v) is 3.34. The van der Waals surface area contributed by atoms with Crippen molar-refractivity contribution in [3.8, 4) is 0 Å². The number of methoxy groups -OCH3 is 2. The largest absolute Gasteiger partial charge is 0.469 e. The lowest BCUT2D eigenvalue weighted by Crippen LogP contribution is -2.20. The van der Waals surface area contributed by atoms with E-state index >= 15 is 0 Å². The van der Waals surface area contributed by atoms with Gasteiger partial charge in [-0.05, 0) is 63.2 Å². The molecule has 2 fully saturated rings. The van der Waals surface area contributed by atoms with Gasteiger partial charge in [-0.15, -0.1) is 0 Å². The van der Waals surface area contributed by atoms with Crippen LogP contribution < -0.4 is 0 Å². The van der Waals surface area contributed by atoms with Crippen molar-refractivity contribution in [2.75, 3.05) is 14.2 Å². The van der Waals surface area contributed by atoms with E-state index in [0.29, 0.717) is 24.7 Å². The van der Waals surface area contributed by atoms with Crippen LogP contribution >= 0.6 is 0 Å². The van der Waals surface area contributed by atoms with Gasteiger partial charge >= 0.3 is 11.9 Å². The number of aliphatic hydroxyl groups is 2. The van der Waals surface area contributed by atoms with Gasteiger partial charge in [0.2, 0.25) is 0 Å². The maximum Gasteiger partial charge on any atom is 0.305 e. The Morgan fingerprint density at radius 3 is 1.25 bits per heavy atom. The van der Waals surface area contributed by atoms with E-state index in [1.165, 1.54) is 14.2 Å². The molecule has 6 heteroatoms. The molecule has 0 radical (unpaired) electrons. The van der Waals surface area contributed by atoms with Crippen molar-refractivity contribution in [1.82, 2.24) is 0 Å². The van der Waals surface area contributed by atoms with E-state index in [0.717, 1.165) is 51.4 Å². The molecule has 140 valence electrons. The molecule has 0 saturated heterocycles. The van der Waals surface area contributed by atoms with Gasteiger partial charge in [-0.2, -0.15) is 0 Å². The van der Waals surface area contributed by atoms with Gasteiger partial charge in [0.05, 0.1) is 26.4 Å². The Morgan fingerprint density at radius 2 is 1.00 bits per heavy atom. The van der Waals surface area contributed by atoms with Gasteiger partial charge in [0.15, 0.2) is 0 Å². The van der Waals surface area contributed by atoms with Crippen LogP contribution in [0.25, 0.3) is 0 Å². The molecular formula is C18H32O6. The van der Waals surface area contributed by atoms with Crippen LogP contribution in [0.1, 0.15) is 64.2 Å². The van der Waals surface area contributed by atoms with E-state index < -0.39 is 0 Å². The standard InChI is InChI=1S/2C9H16O3/c2*1-12-9(11)6-7-2-4-8(10)5-3-7/h2*7-8,10H,2-6H2,1H3. The Morgan fingerprint density at radius 1 is 0.708 bits per heavy atom. The van der Waals surface area contributed by atoms with Gasteiger partial charge in [-0.25, -0.2) is 0 Å². The van der Waals surface area contributed by atoms with Crippen molar-refractivity contribution < 1.29 is 29.3 Å². The fraction of sp³-hybridized carbons (Fsp3) is 0.889. The SMILES string of the molecule is COC(=O)CC1CCC(O)CC1.COC(=O)CC1CCC(O)CC1. The van der Waals surface area contributed by atoms with Gasteiger partial charge in [0.25, 0.3) is 0 Å². The highest BCUT2D eigenvalue weighted by molar-refractivity contribution is 5.69. The molecule has 0 aromatic carbocycles. The van der Waals surface area contributed by atoms with Crippen LogP contribution in [0.5, 0.6) is 0 Å².